The third-order valence-electron chi connectivity index (χ3n) is 2.60. The van der Waals surface area contributed by atoms with Crippen LogP contribution in [0.25, 0.3) is 0 Å². The molecule has 3 nitrogen and oxygen atoms in total. The highest BCUT2D eigenvalue weighted by Crippen LogP contribution is 2.20. The molecule has 1 saturated heterocycles. The van der Waals surface area contributed by atoms with Crippen LogP contribution in [0.3, 0.4) is 0 Å². The van der Waals surface area contributed by atoms with E-state index >= 15 is 0 Å². The summed E-state index contributed by atoms with van der Waals surface area (Å²) in [6.07, 6.45) is 3.87. The smallest absolute Gasteiger partial charge is 0.0814 e. The van der Waals surface area contributed by atoms with Gasteiger partial charge in [0.25, 0.3) is 0 Å². The highest BCUT2D eigenvalue weighted by molar-refractivity contribution is 4.73. The molecule has 2 unspecified atom stereocenters. The van der Waals surface area contributed by atoms with E-state index < -0.39 is 0 Å². The highest BCUT2D eigenvalue weighted by Gasteiger charge is 2.25. The van der Waals surface area contributed by atoms with Gasteiger partial charge in [-0.05, 0) is 25.2 Å². The summed E-state index contributed by atoms with van der Waals surface area (Å²) in [4.78, 5) is 0. The van der Waals surface area contributed by atoms with Gasteiger partial charge in [-0.25, -0.2) is 0 Å². The molecule has 1 aliphatic heterocycles. The predicted octanol–water partition coefficient (Wildman–Crippen LogP) is 2.63. The third-order valence-corrected chi connectivity index (χ3v) is 2.60. The normalized spacial score (nSPS) is 25.5. The van der Waals surface area contributed by atoms with Crippen molar-refractivity contribution in [3.63, 3.8) is 0 Å². The van der Waals surface area contributed by atoms with Gasteiger partial charge in [-0.1, -0.05) is 20.8 Å². The molecule has 16 heavy (non-hydrogen) atoms. The minimum Gasteiger partial charge on any atom is -0.379 e. The molecule has 1 fully saturated rings. The highest BCUT2D eigenvalue weighted by atomic mass is 16.6. The zero-order valence-corrected chi connectivity index (χ0v) is 10.9. The maximum atomic E-state index is 5.84. The third kappa shape index (κ3) is 5.83. The molecule has 1 rings (SSSR count). The second-order valence-corrected chi connectivity index (χ2v) is 4.96. The average Bonchev–Trinajstić information content (AvgIpc) is 2.66. The standard InChI is InChI=1S/C13H26O3/c1-4-7-14-9-12-5-6-13(16-12)10-15-8-11(2)3/h11-13H,4-10H2,1-3H3. The van der Waals surface area contributed by atoms with E-state index in [1.807, 2.05) is 0 Å². The summed E-state index contributed by atoms with van der Waals surface area (Å²) in [6.45, 7) is 9.61. The molecule has 0 aromatic rings. The van der Waals surface area contributed by atoms with Gasteiger partial charge in [-0.3, -0.25) is 0 Å². The Morgan fingerprint density at radius 1 is 1.12 bits per heavy atom. The molecule has 0 spiro atoms. The van der Waals surface area contributed by atoms with E-state index in [4.69, 9.17) is 14.2 Å². The molecule has 96 valence electrons. The molecule has 1 aliphatic rings. The fraction of sp³-hybridized carbons (Fsp3) is 1.00. The summed E-state index contributed by atoms with van der Waals surface area (Å²) in [6, 6.07) is 0. The Hall–Kier alpha value is -0.120. The Bertz CT molecular complexity index is 171. The Morgan fingerprint density at radius 3 is 2.31 bits per heavy atom. The van der Waals surface area contributed by atoms with Crippen LogP contribution in [0.2, 0.25) is 0 Å². The SMILES string of the molecule is CCCOCC1CCC(COCC(C)C)O1. The molecule has 0 aliphatic carbocycles. The molecule has 3 heteroatoms. The van der Waals surface area contributed by atoms with Crippen LogP contribution < -0.4 is 0 Å². The van der Waals surface area contributed by atoms with Crippen molar-refractivity contribution in [3.05, 3.63) is 0 Å². The molecule has 0 bridgehead atoms. The average molecular weight is 230 g/mol. The Morgan fingerprint density at radius 2 is 1.75 bits per heavy atom. The Balaban J connectivity index is 2.01. The Kier molecular flexibility index (Phi) is 7.01. The second kappa shape index (κ2) is 8.04. The van der Waals surface area contributed by atoms with E-state index in [1.54, 1.807) is 0 Å². The lowest BCUT2D eigenvalue weighted by Crippen LogP contribution is -2.21. The largest absolute Gasteiger partial charge is 0.379 e. The zero-order chi connectivity index (χ0) is 11.8. The van der Waals surface area contributed by atoms with Gasteiger partial charge in [-0.15, -0.1) is 0 Å². The summed E-state index contributed by atoms with van der Waals surface area (Å²) >= 11 is 0. The maximum Gasteiger partial charge on any atom is 0.0814 e. The van der Waals surface area contributed by atoms with E-state index in [-0.39, 0.29) is 6.10 Å². The van der Waals surface area contributed by atoms with Crippen LogP contribution >= 0.6 is 0 Å². The Labute approximate surface area is 99.5 Å². The fourth-order valence-corrected chi connectivity index (χ4v) is 1.82. The van der Waals surface area contributed by atoms with Crippen LogP contribution in [0.5, 0.6) is 0 Å². The van der Waals surface area contributed by atoms with Gasteiger partial charge >= 0.3 is 0 Å². The van der Waals surface area contributed by atoms with E-state index in [1.165, 1.54) is 0 Å². The molecule has 0 aromatic heterocycles. The monoisotopic (exact) mass is 230 g/mol. The molecule has 0 saturated carbocycles. The summed E-state index contributed by atoms with van der Waals surface area (Å²) in [5.74, 6) is 0.602. The minimum atomic E-state index is 0.286. The summed E-state index contributed by atoms with van der Waals surface area (Å²) in [5.41, 5.74) is 0. The first kappa shape index (κ1) is 13.9. The molecule has 2 atom stereocenters. The molecule has 1 heterocycles. The van der Waals surface area contributed by atoms with Crippen LogP contribution in [0, 0.1) is 5.92 Å². The van der Waals surface area contributed by atoms with Crippen molar-refractivity contribution in [1.29, 1.82) is 0 Å². The van der Waals surface area contributed by atoms with Crippen molar-refractivity contribution in [3.8, 4) is 0 Å². The van der Waals surface area contributed by atoms with Crippen LogP contribution in [-0.4, -0.2) is 38.6 Å². The maximum absolute atomic E-state index is 5.84. The minimum absolute atomic E-state index is 0.286. The first-order chi connectivity index (χ1) is 7.72. The zero-order valence-electron chi connectivity index (χ0n) is 10.9. The van der Waals surface area contributed by atoms with E-state index in [2.05, 4.69) is 20.8 Å². The van der Waals surface area contributed by atoms with E-state index in [9.17, 15) is 0 Å². The van der Waals surface area contributed by atoms with Gasteiger partial charge < -0.3 is 14.2 Å². The molecule has 0 aromatic carbocycles. The van der Waals surface area contributed by atoms with Crippen molar-refractivity contribution >= 4 is 0 Å². The molecule has 0 N–H and O–H groups in total. The molecular formula is C13H26O3. The number of rotatable bonds is 8. The van der Waals surface area contributed by atoms with Crippen LogP contribution in [0.4, 0.5) is 0 Å². The van der Waals surface area contributed by atoms with Crippen molar-refractivity contribution in [2.45, 2.75) is 52.2 Å². The summed E-state index contributed by atoms with van der Waals surface area (Å²) in [5, 5.41) is 0. The molecule has 0 amide bonds. The van der Waals surface area contributed by atoms with Crippen LogP contribution in [0.1, 0.15) is 40.0 Å². The van der Waals surface area contributed by atoms with Gasteiger partial charge in [0.2, 0.25) is 0 Å². The molecule has 0 radical (unpaired) electrons. The lowest BCUT2D eigenvalue weighted by atomic mass is 10.2. The fourth-order valence-electron chi connectivity index (χ4n) is 1.82. The topological polar surface area (TPSA) is 27.7 Å². The van der Waals surface area contributed by atoms with E-state index in [0.29, 0.717) is 12.0 Å². The van der Waals surface area contributed by atoms with Gasteiger partial charge in [0.1, 0.15) is 0 Å². The molecular weight excluding hydrogens is 204 g/mol. The summed E-state index contributed by atoms with van der Waals surface area (Å²) < 4.78 is 16.9. The lowest BCUT2D eigenvalue weighted by molar-refractivity contribution is -0.0482. The van der Waals surface area contributed by atoms with Gasteiger partial charge in [0.05, 0.1) is 25.4 Å². The van der Waals surface area contributed by atoms with Crippen molar-refractivity contribution in [1.82, 2.24) is 0 Å². The quantitative estimate of drug-likeness (QED) is 0.600. The number of hydrogen-bond donors (Lipinski definition) is 0. The van der Waals surface area contributed by atoms with Gasteiger partial charge in [0, 0.05) is 13.2 Å². The number of ether oxygens (including phenoxy) is 3. The van der Waals surface area contributed by atoms with Crippen LogP contribution in [0.15, 0.2) is 0 Å². The first-order valence-corrected chi connectivity index (χ1v) is 6.53. The predicted molar refractivity (Wildman–Crippen MR) is 64.7 cm³/mol. The lowest BCUT2D eigenvalue weighted by Gasteiger charge is -2.14. The first-order valence-electron chi connectivity index (χ1n) is 6.53. The summed E-state index contributed by atoms with van der Waals surface area (Å²) in [7, 11) is 0. The second-order valence-electron chi connectivity index (χ2n) is 4.96. The van der Waals surface area contributed by atoms with E-state index in [0.717, 1.165) is 45.7 Å². The van der Waals surface area contributed by atoms with Gasteiger partial charge in [0.15, 0.2) is 0 Å². The van der Waals surface area contributed by atoms with Crippen LogP contribution in [-0.2, 0) is 14.2 Å². The van der Waals surface area contributed by atoms with Crippen molar-refractivity contribution in [2.24, 2.45) is 5.92 Å². The van der Waals surface area contributed by atoms with Crippen molar-refractivity contribution in [2.75, 3.05) is 26.4 Å². The van der Waals surface area contributed by atoms with Gasteiger partial charge in [-0.2, -0.15) is 0 Å². The number of hydrogen-bond acceptors (Lipinski definition) is 3. The van der Waals surface area contributed by atoms with Crippen molar-refractivity contribution < 1.29 is 14.2 Å².